The highest BCUT2D eigenvalue weighted by molar-refractivity contribution is 7.18. The number of rotatable bonds is 9. The number of methoxy groups -OCH3 is 1. The normalized spacial score (nSPS) is 13.5. The first-order valence-corrected chi connectivity index (χ1v) is 12.5. The second-order valence-corrected chi connectivity index (χ2v) is 9.95. The highest BCUT2D eigenvalue weighted by Gasteiger charge is 2.30. The summed E-state index contributed by atoms with van der Waals surface area (Å²) in [6.07, 6.45) is 1.80. The summed E-state index contributed by atoms with van der Waals surface area (Å²) in [7, 11) is 1.56. The smallest absolute Gasteiger partial charge is 0.262 e. The van der Waals surface area contributed by atoms with E-state index in [1.54, 1.807) is 38.3 Å². The standard InChI is InChI=1S/C27H29N3O5S/c1-15-7-10-19(31)13-21(15)26(33)28-14-22(18-5-4-6-20(12-18)35-3)29-27(34)24-16(2)11-23(36-24)30-25(32)17-8-9-17/h4-7,10-13,17,22,31H,8-9,14H2,1-3H3,(H,28,33)(H,29,34)(H,30,32). The lowest BCUT2D eigenvalue weighted by Crippen LogP contribution is -2.38. The van der Waals surface area contributed by atoms with Crippen LogP contribution in [0.25, 0.3) is 0 Å². The molecule has 1 atom stereocenters. The lowest BCUT2D eigenvalue weighted by atomic mass is 10.0. The zero-order valence-electron chi connectivity index (χ0n) is 20.4. The summed E-state index contributed by atoms with van der Waals surface area (Å²) in [5.74, 6) is 0.0201. The molecule has 4 N–H and O–H groups in total. The van der Waals surface area contributed by atoms with Gasteiger partial charge in [0.25, 0.3) is 11.8 Å². The maximum absolute atomic E-state index is 13.3. The van der Waals surface area contributed by atoms with Crippen molar-refractivity contribution in [3.63, 3.8) is 0 Å². The monoisotopic (exact) mass is 507 g/mol. The van der Waals surface area contributed by atoms with Gasteiger partial charge in [-0.2, -0.15) is 0 Å². The van der Waals surface area contributed by atoms with Gasteiger partial charge in [0.2, 0.25) is 5.91 Å². The number of aryl methyl sites for hydroxylation is 2. The van der Waals surface area contributed by atoms with Crippen LogP contribution in [0.2, 0.25) is 0 Å². The van der Waals surface area contributed by atoms with Crippen LogP contribution in [0.15, 0.2) is 48.5 Å². The van der Waals surface area contributed by atoms with E-state index in [4.69, 9.17) is 4.74 Å². The molecule has 36 heavy (non-hydrogen) atoms. The molecule has 0 aliphatic heterocycles. The fourth-order valence-corrected chi connectivity index (χ4v) is 4.80. The largest absolute Gasteiger partial charge is 0.508 e. The molecule has 9 heteroatoms. The van der Waals surface area contributed by atoms with Crippen LogP contribution in [-0.4, -0.2) is 36.5 Å². The highest BCUT2D eigenvalue weighted by atomic mass is 32.1. The molecule has 0 spiro atoms. The number of hydrogen-bond acceptors (Lipinski definition) is 6. The number of anilines is 1. The van der Waals surface area contributed by atoms with Gasteiger partial charge in [-0.3, -0.25) is 14.4 Å². The summed E-state index contributed by atoms with van der Waals surface area (Å²) in [6, 6.07) is 13.1. The summed E-state index contributed by atoms with van der Waals surface area (Å²) in [4.78, 5) is 38.7. The second kappa shape index (κ2) is 10.8. The number of nitrogens with one attached hydrogen (secondary N) is 3. The third kappa shape index (κ3) is 6.04. The predicted molar refractivity (Wildman–Crippen MR) is 139 cm³/mol. The van der Waals surface area contributed by atoms with Crippen LogP contribution < -0.4 is 20.7 Å². The van der Waals surface area contributed by atoms with Crippen LogP contribution in [0.1, 0.15) is 55.6 Å². The van der Waals surface area contributed by atoms with E-state index < -0.39 is 6.04 Å². The lowest BCUT2D eigenvalue weighted by molar-refractivity contribution is -0.117. The fourth-order valence-electron chi connectivity index (χ4n) is 3.82. The van der Waals surface area contributed by atoms with Gasteiger partial charge < -0.3 is 25.8 Å². The second-order valence-electron chi connectivity index (χ2n) is 8.90. The first-order chi connectivity index (χ1) is 17.2. The van der Waals surface area contributed by atoms with Crippen molar-refractivity contribution >= 4 is 34.1 Å². The van der Waals surface area contributed by atoms with E-state index in [0.717, 1.165) is 29.5 Å². The molecule has 1 aliphatic carbocycles. The van der Waals surface area contributed by atoms with Gasteiger partial charge in [-0.1, -0.05) is 18.2 Å². The topological polar surface area (TPSA) is 117 Å². The Labute approximate surface area is 213 Å². The van der Waals surface area contributed by atoms with E-state index in [1.165, 1.54) is 23.5 Å². The molecule has 2 aromatic carbocycles. The molecule has 0 radical (unpaired) electrons. The van der Waals surface area contributed by atoms with Crippen LogP contribution in [0, 0.1) is 19.8 Å². The Morgan fingerprint density at radius 1 is 1.06 bits per heavy atom. The number of aromatic hydroxyl groups is 1. The van der Waals surface area contributed by atoms with Gasteiger partial charge in [0, 0.05) is 18.0 Å². The van der Waals surface area contributed by atoms with Crippen molar-refractivity contribution in [2.24, 2.45) is 5.92 Å². The SMILES string of the molecule is COc1cccc(C(CNC(=O)c2cc(O)ccc2C)NC(=O)c2sc(NC(=O)C3CC3)cc2C)c1. The quantitative estimate of drug-likeness (QED) is 0.344. The number of ether oxygens (including phenoxy) is 1. The van der Waals surface area contributed by atoms with Gasteiger partial charge in [-0.05, 0) is 73.7 Å². The molecular weight excluding hydrogens is 478 g/mol. The maximum Gasteiger partial charge on any atom is 0.262 e. The average Bonchev–Trinajstić information content (AvgIpc) is 3.66. The van der Waals surface area contributed by atoms with E-state index in [1.807, 2.05) is 19.1 Å². The van der Waals surface area contributed by atoms with Crippen LogP contribution in [0.3, 0.4) is 0 Å². The van der Waals surface area contributed by atoms with Gasteiger partial charge >= 0.3 is 0 Å². The molecule has 8 nitrogen and oxygen atoms in total. The molecule has 1 unspecified atom stereocenters. The minimum atomic E-state index is -0.555. The van der Waals surface area contributed by atoms with E-state index in [9.17, 15) is 19.5 Å². The Morgan fingerprint density at radius 2 is 1.83 bits per heavy atom. The highest BCUT2D eigenvalue weighted by Crippen LogP contribution is 2.33. The van der Waals surface area contributed by atoms with Crippen LogP contribution in [-0.2, 0) is 4.79 Å². The summed E-state index contributed by atoms with van der Waals surface area (Å²) in [5, 5.41) is 19.2. The van der Waals surface area contributed by atoms with Crippen LogP contribution in [0.4, 0.5) is 5.00 Å². The minimum absolute atomic E-state index is 0.00106. The zero-order valence-corrected chi connectivity index (χ0v) is 21.2. The molecule has 1 aliphatic rings. The Hall–Kier alpha value is -3.85. The van der Waals surface area contributed by atoms with E-state index in [-0.39, 0.29) is 35.9 Å². The lowest BCUT2D eigenvalue weighted by Gasteiger charge is -2.21. The third-order valence-electron chi connectivity index (χ3n) is 6.05. The number of carbonyl (C=O) groups is 3. The van der Waals surface area contributed by atoms with Crippen LogP contribution in [0.5, 0.6) is 11.5 Å². The van der Waals surface area contributed by atoms with Gasteiger partial charge in [0.15, 0.2) is 0 Å². The zero-order chi connectivity index (χ0) is 25.8. The Morgan fingerprint density at radius 3 is 2.56 bits per heavy atom. The van der Waals surface area contributed by atoms with Crippen molar-refractivity contribution in [2.75, 3.05) is 19.0 Å². The van der Waals surface area contributed by atoms with Gasteiger partial charge in [0.1, 0.15) is 11.5 Å². The van der Waals surface area contributed by atoms with Crippen LogP contribution >= 0.6 is 11.3 Å². The van der Waals surface area contributed by atoms with Crippen molar-refractivity contribution in [3.05, 3.63) is 75.7 Å². The summed E-state index contributed by atoms with van der Waals surface area (Å²) < 4.78 is 5.34. The Balaban J connectivity index is 1.52. The maximum atomic E-state index is 13.3. The molecular formula is C27H29N3O5S. The molecule has 0 saturated heterocycles. The molecule has 4 rings (SSSR count). The number of hydrogen-bond donors (Lipinski definition) is 4. The number of thiophene rings is 1. The molecule has 1 saturated carbocycles. The molecule has 1 aromatic heterocycles. The first kappa shape index (κ1) is 25.2. The van der Waals surface area contributed by atoms with E-state index in [2.05, 4.69) is 16.0 Å². The molecule has 0 bridgehead atoms. The van der Waals surface area contributed by atoms with Crippen molar-refractivity contribution in [2.45, 2.75) is 32.7 Å². The number of amides is 3. The Bertz CT molecular complexity index is 1300. The summed E-state index contributed by atoms with van der Waals surface area (Å²) in [5.41, 5.74) is 2.60. The molecule has 1 heterocycles. The molecule has 3 aromatic rings. The number of phenols is 1. The number of benzene rings is 2. The van der Waals surface area contributed by atoms with Gasteiger partial charge in [-0.25, -0.2) is 0 Å². The summed E-state index contributed by atoms with van der Waals surface area (Å²) in [6.45, 7) is 3.72. The summed E-state index contributed by atoms with van der Waals surface area (Å²) >= 11 is 1.23. The average molecular weight is 508 g/mol. The number of phenolic OH excluding ortho intramolecular Hbond substituents is 1. The van der Waals surface area contributed by atoms with E-state index in [0.29, 0.717) is 21.2 Å². The minimum Gasteiger partial charge on any atom is -0.508 e. The van der Waals surface area contributed by atoms with Crippen molar-refractivity contribution in [1.82, 2.24) is 10.6 Å². The van der Waals surface area contributed by atoms with Crippen molar-refractivity contribution in [3.8, 4) is 11.5 Å². The molecule has 1 fully saturated rings. The predicted octanol–water partition coefficient (Wildman–Crippen LogP) is 4.33. The Kier molecular flexibility index (Phi) is 7.59. The fraction of sp³-hybridized carbons (Fsp3) is 0.296. The first-order valence-electron chi connectivity index (χ1n) is 11.7. The van der Waals surface area contributed by atoms with E-state index >= 15 is 0 Å². The third-order valence-corrected chi connectivity index (χ3v) is 7.20. The van der Waals surface area contributed by atoms with Crippen molar-refractivity contribution in [1.29, 1.82) is 0 Å². The molecule has 188 valence electrons. The van der Waals surface area contributed by atoms with Gasteiger partial charge in [0.05, 0.1) is 23.0 Å². The number of carbonyl (C=O) groups excluding carboxylic acids is 3. The van der Waals surface area contributed by atoms with Crippen molar-refractivity contribution < 1.29 is 24.2 Å². The van der Waals surface area contributed by atoms with Gasteiger partial charge in [-0.15, -0.1) is 11.3 Å². The molecule has 3 amide bonds.